The van der Waals surface area contributed by atoms with Gasteiger partial charge in [0.1, 0.15) is 6.54 Å². The van der Waals surface area contributed by atoms with Crippen LogP contribution in [-0.2, 0) is 22.6 Å². The first kappa shape index (κ1) is 24.5. The van der Waals surface area contributed by atoms with Crippen LogP contribution in [0.15, 0.2) is 66.0 Å². The van der Waals surface area contributed by atoms with Crippen LogP contribution in [0, 0.1) is 13.8 Å². The zero-order valence-corrected chi connectivity index (χ0v) is 20.2. The van der Waals surface area contributed by atoms with Crippen LogP contribution in [0.3, 0.4) is 0 Å². The van der Waals surface area contributed by atoms with Crippen LogP contribution in [0.5, 0.6) is 0 Å². The minimum Gasteiger partial charge on any atom is -0.383 e. The summed E-state index contributed by atoms with van der Waals surface area (Å²) in [6.45, 7) is 5.58. The number of aryl methyl sites for hydroxylation is 2. The maximum Gasteiger partial charge on any atom is 0.322 e. The first-order chi connectivity index (χ1) is 16.0. The number of carbonyl (C=O) groups excluding carboxylic acids is 2. The molecule has 6 nitrogen and oxygen atoms in total. The highest BCUT2D eigenvalue weighted by Gasteiger charge is 2.22. The maximum atomic E-state index is 13.4. The molecule has 0 fully saturated rings. The van der Waals surface area contributed by atoms with Crippen LogP contribution < -0.4 is 5.32 Å². The molecule has 0 saturated carbocycles. The molecule has 0 spiro atoms. The highest BCUT2D eigenvalue weighted by molar-refractivity contribution is 7.09. The number of urea groups is 1. The average molecular weight is 466 g/mol. The highest BCUT2D eigenvalue weighted by Crippen LogP contribution is 2.18. The predicted octanol–water partition coefficient (Wildman–Crippen LogP) is 5.07. The van der Waals surface area contributed by atoms with E-state index in [0.29, 0.717) is 26.2 Å². The van der Waals surface area contributed by atoms with Gasteiger partial charge in [0.2, 0.25) is 5.91 Å². The van der Waals surface area contributed by atoms with Gasteiger partial charge < -0.3 is 19.9 Å². The van der Waals surface area contributed by atoms with Gasteiger partial charge in [0.05, 0.1) is 13.2 Å². The zero-order chi connectivity index (χ0) is 23.6. The molecule has 0 bridgehead atoms. The molecule has 0 unspecified atom stereocenters. The Kier molecular flexibility index (Phi) is 9.04. The number of hydrogen-bond donors (Lipinski definition) is 1. The highest BCUT2D eigenvalue weighted by atomic mass is 32.1. The summed E-state index contributed by atoms with van der Waals surface area (Å²) in [5.41, 5.74) is 3.89. The number of benzene rings is 2. The summed E-state index contributed by atoms with van der Waals surface area (Å²) >= 11 is 1.62. The van der Waals surface area contributed by atoms with Crippen molar-refractivity contribution < 1.29 is 14.3 Å². The molecule has 0 aliphatic rings. The third kappa shape index (κ3) is 7.44. The van der Waals surface area contributed by atoms with Crippen LogP contribution >= 0.6 is 11.3 Å². The molecular weight excluding hydrogens is 434 g/mol. The molecule has 0 aliphatic heterocycles. The smallest absolute Gasteiger partial charge is 0.322 e. The molecule has 33 heavy (non-hydrogen) atoms. The second-order valence-corrected chi connectivity index (χ2v) is 9.01. The Morgan fingerprint density at radius 2 is 1.76 bits per heavy atom. The predicted molar refractivity (Wildman–Crippen MR) is 133 cm³/mol. The summed E-state index contributed by atoms with van der Waals surface area (Å²) in [5, 5.41) is 4.95. The third-order valence-electron chi connectivity index (χ3n) is 5.30. The van der Waals surface area contributed by atoms with Gasteiger partial charge >= 0.3 is 6.03 Å². The number of hydrogen-bond acceptors (Lipinski definition) is 4. The lowest BCUT2D eigenvalue weighted by atomic mass is 10.1. The van der Waals surface area contributed by atoms with Gasteiger partial charge in [-0.2, -0.15) is 0 Å². The average Bonchev–Trinajstić information content (AvgIpc) is 3.31. The van der Waals surface area contributed by atoms with Gasteiger partial charge in [0.25, 0.3) is 0 Å². The van der Waals surface area contributed by atoms with Crippen LogP contribution in [-0.4, -0.2) is 48.5 Å². The van der Waals surface area contributed by atoms with Crippen LogP contribution in [0.4, 0.5) is 10.5 Å². The van der Waals surface area contributed by atoms with E-state index in [2.05, 4.69) is 5.32 Å². The van der Waals surface area contributed by atoms with Gasteiger partial charge in [0.15, 0.2) is 0 Å². The van der Waals surface area contributed by atoms with Crippen molar-refractivity contribution >= 4 is 29.0 Å². The van der Waals surface area contributed by atoms with E-state index in [1.165, 1.54) is 4.90 Å². The van der Waals surface area contributed by atoms with Gasteiger partial charge in [-0.3, -0.25) is 4.79 Å². The number of carbonyl (C=O) groups is 2. The van der Waals surface area contributed by atoms with Crippen molar-refractivity contribution in [2.45, 2.75) is 26.9 Å². The molecular formula is C26H31N3O3S. The molecule has 174 valence electrons. The lowest BCUT2D eigenvalue weighted by Crippen LogP contribution is -2.45. The quantitative estimate of drug-likeness (QED) is 0.455. The second kappa shape index (κ2) is 12.2. The monoisotopic (exact) mass is 465 g/mol. The van der Waals surface area contributed by atoms with E-state index in [0.717, 1.165) is 27.3 Å². The van der Waals surface area contributed by atoms with Crippen molar-refractivity contribution in [3.8, 4) is 0 Å². The Balaban J connectivity index is 1.74. The topological polar surface area (TPSA) is 61.9 Å². The minimum absolute atomic E-state index is 0.0295. The number of anilines is 1. The first-order valence-electron chi connectivity index (χ1n) is 10.9. The lowest BCUT2D eigenvalue weighted by molar-refractivity contribution is -0.133. The number of methoxy groups -OCH3 is 1. The number of nitrogens with one attached hydrogen (secondary N) is 1. The van der Waals surface area contributed by atoms with E-state index in [4.69, 9.17) is 4.74 Å². The molecule has 0 aliphatic carbocycles. The number of thiophene rings is 1. The van der Waals surface area contributed by atoms with Crippen LogP contribution in [0.25, 0.3) is 0 Å². The molecule has 1 N–H and O–H groups in total. The number of ether oxygens (including phenoxy) is 1. The summed E-state index contributed by atoms with van der Waals surface area (Å²) < 4.78 is 5.19. The van der Waals surface area contributed by atoms with E-state index in [1.54, 1.807) is 23.3 Å². The van der Waals surface area contributed by atoms with Crippen molar-refractivity contribution in [2.24, 2.45) is 0 Å². The summed E-state index contributed by atoms with van der Waals surface area (Å²) in [4.78, 5) is 30.9. The van der Waals surface area contributed by atoms with Crippen molar-refractivity contribution in [1.82, 2.24) is 9.80 Å². The first-order valence-corrected chi connectivity index (χ1v) is 11.8. The second-order valence-electron chi connectivity index (χ2n) is 7.98. The summed E-state index contributed by atoms with van der Waals surface area (Å²) in [5.74, 6) is -0.112. The van der Waals surface area contributed by atoms with Crippen molar-refractivity contribution in [1.29, 1.82) is 0 Å². The fourth-order valence-electron chi connectivity index (χ4n) is 3.49. The molecule has 0 atom stereocenters. The third-order valence-corrected chi connectivity index (χ3v) is 6.16. The van der Waals surface area contributed by atoms with E-state index >= 15 is 0 Å². The molecule has 3 aromatic rings. The number of rotatable bonds is 10. The van der Waals surface area contributed by atoms with Gasteiger partial charge in [-0.25, -0.2) is 4.79 Å². The SMILES string of the molecule is COCCN(CC(=O)N(Cc1ccccc1)Cc1cccs1)C(=O)Nc1ccc(C)cc1C. The largest absolute Gasteiger partial charge is 0.383 e. The van der Waals surface area contributed by atoms with Gasteiger partial charge in [-0.15, -0.1) is 11.3 Å². The Bertz CT molecular complexity index is 1040. The molecule has 2 aromatic carbocycles. The minimum atomic E-state index is -0.317. The van der Waals surface area contributed by atoms with Gasteiger partial charge in [-0.05, 0) is 42.5 Å². The van der Waals surface area contributed by atoms with Gasteiger partial charge in [-0.1, -0.05) is 54.1 Å². The van der Waals surface area contributed by atoms with Crippen LogP contribution in [0.2, 0.25) is 0 Å². The number of nitrogens with zero attached hydrogens (tertiary/aromatic N) is 2. The van der Waals surface area contributed by atoms with Crippen molar-refractivity contribution in [3.63, 3.8) is 0 Å². The maximum absolute atomic E-state index is 13.4. The molecule has 3 rings (SSSR count). The van der Waals surface area contributed by atoms with E-state index in [9.17, 15) is 9.59 Å². The van der Waals surface area contributed by atoms with Crippen molar-refractivity contribution in [2.75, 3.05) is 32.1 Å². The molecule has 3 amide bonds. The molecule has 1 aromatic heterocycles. The fraction of sp³-hybridized carbons (Fsp3) is 0.308. The standard InChI is InChI=1S/C26H31N3O3S/c1-20-11-12-24(21(2)16-20)27-26(31)28(13-14-32-3)19-25(30)29(18-23-10-7-15-33-23)17-22-8-5-4-6-9-22/h4-12,15-16H,13-14,17-19H2,1-3H3,(H,27,31). The van der Waals surface area contributed by atoms with E-state index < -0.39 is 0 Å². The Morgan fingerprint density at radius 3 is 2.42 bits per heavy atom. The summed E-state index contributed by atoms with van der Waals surface area (Å²) in [6, 6.07) is 19.4. The molecule has 0 radical (unpaired) electrons. The Labute approximate surface area is 199 Å². The van der Waals surface area contributed by atoms with Crippen LogP contribution in [0.1, 0.15) is 21.6 Å². The summed E-state index contributed by atoms with van der Waals surface area (Å²) in [6.07, 6.45) is 0. The summed E-state index contributed by atoms with van der Waals surface area (Å²) in [7, 11) is 1.58. The number of amides is 3. The van der Waals surface area contributed by atoms with Gasteiger partial charge in [0, 0.05) is 30.8 Å². The fourth-order valence-corrected chi connectivity index (χ4v) is 4.21. The Morgan fingerprint density at radius 1 is 0.970 bits per heavy atom. The van der Waals surface area contributed by atoms with E-state index in [-0.39, 0.29) is 18.5 Å². The molecule has 7 heteroatoms. The molecule has 1 heterocycles. The molecule has 0 saturated heterocycles. The van der Waals surface area contributed by atoms with Crippen molar-refractivity contribution in [3.05, 3.63) is 87.6 Å². The Hall–Kier alpha value is -3.16. The zero-order valence-electron chi connectivity index (χ0n) is 19.4. The normalized spacial score (nSPS) is 10.6. The lowest BCUT2D eigenvalue weighted by Gasteiger charge is -2.28. The van der Waals surface area contributed by atoms with E-state index in [1.807, 2.05) is 79.9 Å².